The molecular weight excluding hydrogens is 593 g/mol. The highest BCUT2D eigenvalue weighted by Crippen LogP contribution is 2.35. The molecule has 3 aromatic rings. The number of alkyl halides is 3. The van der Waals surface area contributed by atoms with E-state index in [2.05, 4.69) is 10.6 Å². The number of rotatable bonds is 8. The van der Waals surface area contributed by atoms with Gasteiger partial charge in [-0.1, -0.05) is 19.1 Å². The van der Waals surface area contributed by atoms with Crippen molar-refractivity contribution in [2.75, 3.05) is 44.2 Å². The van der Waals surface area contributed by atoms with Gasteiger partial charge in [0.1, 0.15) is 11.9 Å². The number of carbonyl (C=O) groups is 2. The van der Waals surface area contributed by atoms with E-state index in [-0.39, 0.29) is 30.8 Å². The van der Waals surface area contributed by atoms with Crippen molar-refractivity contribution in [3.63, 3.8) is 0 Å². The van der Waals surface area contributed by atoms with Crippen LogP contribution in [0.1, 0.15) is 35.3 Å². The van der Waals surface area contributed by atoms with Crippen LogP contribution in [-0.2, 0) is 12.7 Å². The van der Waals surface area contributed by atoms with E-state index in [9.17, 15) is 27.9 Å². The van der Waals surface area contributed by atoms with Crippen molar-refractivity contribution in [2.24, 2.45) is 5.92 Å². The number of halogens is 3. The number of nitrogens with zero attached hydrogens (tertiary/aromatic N) is 2. The van der Waals surface area contributed by atoms with Crippen LogP contribution in [0.2, 0.25) is 0 Å². The van der Waals surface area contributed by atoms with Crippen molar-refractivity contribution < 1.29 is 42.1 Å². The van der Waals surface area contributed by atoms with Gasteiger partial charge >= 0.3 is 12.2 Å². The number of aliphatic hydroxyl groups is 1. The maximum atomic E-state index is 13.7. The Balaban J connectivity index is 1.32. The Kier molecular flexibility index (Phi) is 9.40. The third-order valence-electron chi connectivity index (χ3n) is 7.78. The standard InChI is InChI=1S/C32H35F3N4O6/c1-19-14-39(20(2)17-40)30(41)25-12-23(36-31(42)37-24-9-11-27-28(13-24)44-18-43-27)8-10-26(25)45-29(19)16-38(3)15-21-4-6-22(7-5-21)32(33,34)35/h4-13,19-20,29,40H,14-18H2,1-3H3,(H2,36,37,42)/t19-,20+,29-/m0/s1. The van der Waals surface area contributed by atoms with Crippen LogP contribution in [0, 0.1) is 5.92 Å². The van der Waals surface area contributed by atoms with E-state index in [1.165, 1.54) is 18.2 Å². The van der Waals surface area contributed by atoms with Gasteiger partial charge in [-0.05, 0) is 62.0 Å². The number of urea groups is 1. The smallest absolute Gasteiger partial charge is 0.416 e. The van der Waals surface area contributed by atoms with Crippen LogP contribution in [-0.4, -0.2) is 72.5 Å². The first-order valence-electron chi connectivity index (χ1n) is 14.5. The first-order chi connectivity index (χ1) is 21.4. The second-order valence-corrected chi connectivity index (χ2v) is 11.4. The van der Waals surface area contributed by atoms with Crippen LogP contribution in [0.15, 0.2) is 60.7 Å². The van der Waals surface area contributed by atoms with Gasteiger partial charge in [0.05, 0.1) is 23.8 Å². The van der Waals surface area contributed by atoms with E-state index in [0.29, 0.717) is 53.8 Å². The Labute approximate surface area is 258 Å². The van der Waals surface area contributed by atoms with Gasteiger partial charge in [-0.25, -0.2) is 4.79 Å². The minimum absolute atomic E-state index is 0.108. The van der Waals surface area contributed by atoms with Gasteiger partial charge in [-0.15, -0.1) is 0 Å². The SMILES string of the molecule is C[C@H](CO)N1C[C@H](C)[C@H](CN(C)Cc2ccc(C(F)(F)F)cc2)Oc2ccc(NC(=O)Nc3ccc4c(c3)OCO4)cc2C1=O. The van der Waals surface area contributed by atoms with E-state index >= 15 is 0 Å². The molecule has 240 valence electrons. The molecule has 2 heterocycles. The van der Waals surface area contributed by atoms with Gasteiger partial charge in [0.15, 0.2) is 11.5 Å². The number of benzene rings is 3. The summed E-state index contributed by atoms with van der Waals surface area (Å²) >= 11 is 0. The van der Waals surface area contributed by atoms with E-state index in [1.807, 2.05) is 18.9 Å². The highest BCUT2D eigenvalue weighted by atomic mass is 19.4. The van der Waals surface area contributed by atoms with Crippen LogP contribution >= 0.6 is 0 Å². The number of ether oxygens (including phenoxy) is 3. The number of amides is 3. The number of hydrogen-bond acceptors (Lipinski definition) is 7. The molecule has 0 unspecified atom stereocenters. The molecule has 5 rings (SSSR count). The number of aliphatic hydroxyl groups excluding tert-OH is 1. The number of fused-ring (bicyclic) bond motifs is 2. The van der Waals surface area contributed by atoms with Crippen molar-refractivity contribution in [2.45, 2.75) is 38.7 Å². The van der Waals surface area contributed by atoms with Crippen molar-refractivity contribution in [3.8, 4) is 17.2 Å². The molecule has 10 nitrogen and oxygen atoms in total. The highest BCUT2D eigenvalue weighted by molar-refractivity contribution is 6.02. The number of hydrogen-bond donors (Lipinski definition) is 3. The Bertz CT molecular complexity index is 1530. The highest BCUT2D eigenvalue weighted by Gasteiger charge is 2.34. The number of likely N-dealkylation sites (N-methyl/N-ethyl adjacent to an activating group) is 1. The van der Waals surface area contributed by atoms with Crippen molar-refractivity contribution >= 4 is 23.3 Å². The Hall–Kier alpha value is -4.49. The van der Waals surface area contributed by atoms with Crippen LogP contribution in [0.5, 0.6) is 17.2 Å². The molecule has 13 heteroatoms. The summed E-state index contributed by atoms with van der Waals surface area (Å²) in [7, 11) is 1.85. The lowest BCUT2D eigenvalue weighted by Gasteiger charge is -2.38. The number of anilines is 2. The normalized spacial score (nSPS) is 18.5. The molecule has 3 amide bonds. The molecular formula is C32H35F3N4O6. The molecule has 0 radical (unpaired) electrons. The van der Waals surface area contributed by atoms with E-state index in [1.54, 1.807) is 42.2 Å². The van der Waals surface area contributed by atoms with Gasteiger partial charge in [-0.3, -0.25) is 9.69 Å². The topological polar surface area (TPSA) is 113 Å². The summed E-state index contributed by atoms with van der Waals surface area (Å²) in [5.74, 6) is 0.910. The summed E-state index contributed by atoms with van der Waals surface area (Å²) in [4.78, 5) is 30.1. The molecule has 0 saturated carbocycles. The first kappa shape index (κ1) is 31.9. The molecule has 3 aromatic carbocycles. The molecule has 0 saturated heterocycles. The molecule has 45 heavy (non-hydrogen) atoms. The fraction of sp³-hybridized carbons (Fsp3) is 0.375. The molecule has 0 aromatic heterocycles. The van der Waals surface area contributed by atoms with Gasteiger partial charge in [0.25, 0.3) is 5.91 Å². The minimum atomic E-state index is -4.40. The number of nitrogens with one attached hydrogen (secondary N) is 2. The summed E-state index contributed by atoms with van der Waals surface area (Å²) in [6.07, 6.45) is -4.81. The van der Waals surface area contributed by atoms with Crippen molar-refractivity contribution in [3.05, 3.63) is 77.4 Å². The molecule has 2 aliphatic rings. The summed E-state index contributed by atoms with van der Waals surface area (Å²) in [6.45, 7) is 4.65. The van der Waals surface area contributed by atoms with Gasteiger partial charge < -0.3 is 34.9 Å². The maximum absolute atomic E-state index is 13.7. The van der Waals surface area contributed by atoms with Crippen molar-refractivity contribution in [1.82, 2.24) is 9.80 Å². The summed E-state index contributed by atoms with van der Waals surface area (Å²) in [6, 6.07) is 13.8. The van der Waals surface area contributed by atoms with Crippen LogP contribution in [0.3, 0.4) is 0 Å². The predicted octanol–water partition coefficient (Wildman–Crippen LogP) is 5.43. The van der Waals surface area contributed by atoms with Gasteiger partial charge in [0, 0.05) is 43.0 Å². The third-order valence-corrected chi connectivity index (χ3v) is 7.78. The number of carbonyl (C=O) groups excluding carboxylic acids is 2. The van der Waals surface area contributed by atoms with E-state index < -0.39 is 29.9 Å². The molecule has 2 aliphatic heterocycles. The fourth-order valence-corrected chi connectivity index (χ4v) is 5.27. The van der Waals surface area contributed by atoms with Crippen LogP contribution in [0.4, 0.5) is 29.3 Å². The second-order valence-electron chi connectivity index (χ2n) is 11.4. The Morgan fingerprint density at radius 1 is 1.02 bits per heavy atom. The molecule has 3 atom stereocenters. The minimum Gasteiger partial charge on any atom is -0.488 e. The predicted molar refractivity (Wildman–Crippen MR) is 161 cm³/mol. The monoisotopic (exact) mass is 628 g/mol. The molecule has 3 N–H and O–H groups in total. The zero-order chi connectivity index (χ0) is 32.3. The van der Waals surface area contributed by atoms with Crippen LogP contribution < -0.4 is 24.8 Å². The molecule has 0 aliphatic carbocycles. The second kappa shape index (κ2) is 13.2. The summed E-state index contributed by atoms with van der Waals surface area (Å²) < 4.78 is 56.0. The Morgan fingerprint density at radius 2 is 1.67 bits per heavy atom. The largest absolute Gasteiger partial charge is 0.488 e. The molecule has 0 fully saturated rings. The lowest BCUT2D eigenvalue weighted by atomic mass is 9.99. The van der Waals surface area contributed by atoms with Gasteiger partial charge in [0.2, 0.25) is 6.79 Å². The van der Waals surface area contributed by atoms with Crippen molar-refractivity contribution in [1.29, 1.82) is 0 Å². The molecule has 0 bridgehead atoms. The fourth-order valence-electron chi connectivity index (χ4n) is 5.27. The van der Waals surface area contributed by atoms with E-state index in [0.717, 1.165) is 12.1 Å². The average Bonchev–Trinajstić information content (AvgIpc) is 3.46. The first-order valence-corrected chi connectivity index (χ1v) is 14.5. The summed E-state index contributed by atoms with van der Waals surface area (Å²) in [5.41, 5.74) is 1.07. The summed E-state index contributed by atoms with van der Waals surface area (Å²) in [5, 5.41) is 15.4. The maximum Gasteiger partial charge on any atom is 0.416 e. The van der Waals surface area contributed by atoms with E-state index in [4.69, 9.17) is 14.2 Å². The quantitative estimate of drug-likeness (QED) is 0.305. The zero-order valence-corrected chi connectivity index (χ0v) is 25.1. The van der Waals surface area contributed by atoms with Gasteiger partial charge in [-0.2, -0.15) is 13.2 Å². The lowest BCUT2D eigenvalue weighted by Crippen LogP contribution is -2.49. The molecule has 0 spiro atoms. The van der Waals surface area contributed by atoms with Crippen LogP contribution in [0.25, 0.3) is 0 Å². The third kappa shape index (κ3) is 7.60. The average molecular weight is 629 g/mol. The lowest BCUT2D eigenvalue weighted by molar-refractivity contribution is -0.137. The Morgan fingerprint density at radius 3 is 2.33 bits per heavy atom. The zero-order valence-electron chi connectivity index (χ0n) is 25.1.